The van der Waals surface area contributed by atoms with Crippen LogP contribution in [0, 0.1) is 0 Å². The fourth-order valence-electron chi connectivity index (χ4n) is 1.01. The summed E-state index contributed by atoms with van der Waals surface area (Å²) in [5.41, 5.74) is 2.06. The van der Waals surface area contributed by atoms with Crippen LogP contribution in [-0.4, -0.2) is 43.3 Å². The molecule has 0 spiro atoms. The van der Waals surface area contributed by atoms with Gasteiger partial charge >= 0.3 is 75.4 Å². The Kier molecular flexibility index (Phi) is 1.48. The Labute approximate surface area is 75.2 Å². The van der Waals surface area contributed by atoms with Crippen LogP contribution in [0.3, 0.4) is 0 Å². The van der Waals surface area contributed by atoms with Gasteiger partial charge in [-0.05, 0) is 0 Å². The molecule has 0 aliphatic heterocycles. The van der Waals surface area contributed by atoms with Crippen molar-refractivity contribution >= 4 is 41.8 Å². The normalized spacial score (nSPS) is 10.6. The molecule has 10 heavy (non-hydrogen) atoms. The van der Waals surface area contributed by atoms with Gasteiger partial charge in [0.1, 0.15) is 0 Å². The molecule has 0 aliphatic carbocycles. The molecule has 0 saturated carbocycles. The Bertz CT molecular complexity index is 355. The number of aromatic amines is 1. The second-order valence-corrected chi connectivity index (χ2v) is 3.36. The van der Waals surface area contributed by atoms with Crippen molar-refractivity contribution in [3.8, 4) is 0 Å². The number of rotatable bonds is 0. The fraction of sp³-hybridized carbons (Fsp3) is 0. The van der Waals surface area contributed by atoms with Crippen molar-refractivity contribution in [1.82, 2.24) is 15.4 Å². The first-order valence-corrected chi connectivity index (χ1v) is 4.14. The van der Waals surface area contributed by atoms with Crippen LogP contribution in [0.1, 0.15) is 0 Å². The molecular weight excluding hydrogens is 137 g/mol. The van der Waals surface area contributed by atoms with E-state index in [2.05, 4.69) is 21.5 Å². The van der Waals surface area contributed by atoms with Crippen molar-refractivity contribution in [3.05, 3.63) is 18.2 Å². The Morgan fingerprint density at radius 3 is 3.10 bits per heavy atom. The van der Waals surface area contributed by atoms with Gasteiger partial charge in [0.25, 0.3) is 0 Å². The third-order valence-electron chi connectivity index (χ3n) is 1.56. The number of nitrogens with one attached hydrogen (secondary N) is 1. The molecule has 1 N–H and O–H groups in total. The maximum atomic E-state index is 3.95. The van der Waals surface area contributed by atoms with Gasteiger partial charge in [0, 0.05) is 0 Å². The molecule has 2 rings (SSSR count). The molecule has 0 bridgehead atoms. The monoisotopic (exact) mass is 141 g/mol. The third-order valence-corrected chi connectivity index (χ3v) is 2.37. The fourth-order valence-corrected chi connectivity index (χ4v) is 1.57. The second kappa shape index (κ2) is 2.34. The predicted octanol–water partition coefficient (Wildman–Crippen LogP) is -0.248. The van der Waals surface area contributed by atoms with Gasteiger partial charge in [-0.2, -0.15) is 0 Å². The van der Waals surface area contributed by atoms with Crippen LogP contribution < -0.4 is 2.81 Å². The van der Waals surface area contributed by atoms with Gasteiger partial charge in [-0.15, -0.1) is 0 Å². The number of hydrogen-bond donors (Lipinski definition) is 1. The maximum absolute atomic E-state index is 3.95. The summed E-state index contributed by atoms with van der Waals surface area (Å²) < 4.78 is 1.30. The zero-order valence-electron chi connectivity index (χ0n) is 5.63. The van der Waals surface area contributed by atoms with E-state index in [0.29, 0.717) is 0 Å². The van der Waals surface area contributed by atoms with Gasteiger partial charge in [-0.3, -0.25) is 0 Å². The molecule has 0 atom stereocenters. The van der Waals surface area contributed by atoms with Gasteiger partial charge in [-0.1, -0.05) is 0 Å². The molecule has 0 amide bonds. The molecule has 1 aromatic heterocycles. The van der Waals surface area contributed by atoms with Crippen molar-refractivity contribution in [2.45, 2.75) is 0 Å². The van der Waals surface area contributed by atoms with Crippen molar-refractivity contribution in [3.63, 3.8) is 0 Å². The molecule has 0 unspecified atom stereocenters. The molecular formula is C6H4N3Na. The average molecular weight is 141 g/mol. The first kappa shape index (κ1) is 6.34. The Hall–Kier alpha value is -0.380. The topological polar surface area (TPSA) is 41.6 Å². The van der Waals surface area contributed by atoms with Gasteiger partial charge < -0.3 is 0 Å². The second-order valence-electron chi connectivity index (χ2n) is 2.28. The summed E-state index contributed by atoms with van der Waals surface area (Å²) in [4.78, 5) is 0. The van der Waals surface area contributed by atoms with E-state index in [-0.39, 0.29) is 0 Å². The molecule has 1 aromatic carbocycles. The summed E-state index contributed by atoms with van der Waals surface area (Å²) in [5, 5.41) is 10.5. The Balaban J connectivity index is 2.95. The van der Waals surface area contributed by atoms with Crippen molar-refractivity contribution < 1.29 is 0 Å². The SMILES string of the molecule is [Na][c]1cccc2[nH]nnc12. The zero-order valence-corrected chi connectivity index (χ0v) is 7.63. The number of nitrogens with zero attached hydrogens (tertiary/aromatic N) is 2. The summed E-state index contributed by atoms with van der Waals surface area (Å²) in [6.45, 7) is 0. The first-order valence-electron chi connectivity index (χ1n) is 3.14. The van der Waals surface area contributed by atoms with Crippen molar-refractivity contribution in [2.75, 3.05) is 0 Å². The van der Waals surface area contributed by atoms with E-state index >= 15 is 0 Å². The molecule has 0 radical (unpaired) electrons. The summed E-state index contributed by atoms with van der Waals surface area (Å²) in [5.74, 6) is 0. The third kappa shape index (κ3) is 0.868. The molecule has 1 heterocycles. The number of hydrogen-bond acceptors (Lipinski definition) is 2. The van der Waals surface area contributed by atoms with E-state index < -0.39 is 0 Å². The van der Waals surface area contributed by atoms with Crippen molar-refractivity contribution in [2.24, 2.45) is 0 Å². The molecule has 2 aromatic rings. The van der Waals surface area contributed by atoms with Crippen LogP contribution in [0.25, 0.3) is 11.0 Å². The van der Waals surface area contributed by atoms with E-state index in [1.54, 1.807) is 0 Å². The molecule has 0 saturated heterocycles. The predicted molar refractivity (Wildman–Crippen MR) is 39.3 cm³/mol. The van der Waals surface area contributed by atoms with Crippen LogP contribution in [0.2, 0.25) is 0 Å². The van der Waals surface area contributed by atoms with Crippen LogP contribution in [0.4, 0.5) is 0 Å². The number of fused-ring (bicyclic) bond motifs is 1. The van der Waals surface area contributed by atoms with Crippen LogP contribution in [0.15, 0.2) is 18.2 Å². The zero-order chi connectivity index (χ0) is 6.97. The van der Waals surface area contributed by atoms with Gasteiger partial charge in [0.2, 0.25) is 0 Å². The van der Waals surface area contributed by atoms with E-state index in [4.69, 9.17) is 0 Å². The number of benzene rings is 1. The summed E-state index contributed by atoms with van der Waals surface area (Å²) in [6.07, 6.45) is 0. The van der Waals surface area contributed by atoms with E-state index in [1.165, 1.54) is 2.81 Å². The standard InChI is InChI=1S/C6H4N3.Na/c1-2-4-6-5(3-1)7-9-8-6;/h1-3H,(H,7,8,9);. The van der Waals surface area contributed by atoms with Crippen LogP contribution in [-0.2, 0) is 0 Å². The van der Waals surface area contributed by atoms with Crippen molar-refractivity contribution in [1.29, 1.82) is 0 Å². The molecule has 44 valence electrons. The van der Waals surface area contributed by atoms with E-state index in [9.17, 15) is 0 Å². The molecule has 0 aliphatic rings. The summed E-state index contributed by atoms with van der Waals surface area (Å²) >= 11 is 1.03. The quantitative estimate of drug-likeness (QED) is 0.514. The average Bonchev–Trinajstić information content (AvgIpc) is 2.36. The minimum atomic E-state index is 1.02. The summed E-state index contributed by atoms with van der Waals surface area (Å²) in [6, 6.07) is 6.08. The number of H-pyrrole nitrogens is 1. The number of aromatic nitrogens is 3. The first-order chi connectivity index (χ1) is 4.88. The van der Waals surface area contributed by atoms with Gasteiger partial charge in [-0.25, -0.2) is 0 Å². The minimum absolute atomic E-state index is 1.02. The van der Waals surface area contributed by atoms with E-state index in [1.807, 2.05) is 12.1 Å². The summed E-state index contributed by atoms with van der Waals surface area (Å²) in [7, 11) is 0. The van der Waals surface area contributed by atoms with Gasteiger partial charge in [0.05, 0.1) is 0 Å². The van der Waals surface area contributed by atoms with Crippen LogP contribution >= 0.6 is 0 Å². The Morgan fingerprint density at radius 2 is 2.30 bits per heavy atom. The molecule has 0 fully saturated rings. The van der Waals surface area contributed by atoms with Gasteiger partial charge in [0.15, 0.2) is 0 Å². The molecule has 4 heteroatoms. The van der Waals surface area contributed by atoms with Crippen LogP contribution in [0.5, 0.6) is 0 Å². The van der Waals surface area contributed by atoms with E-state index in [0.717, 1.165) is 39.0 Å². The molecule has 3 nitrogen and oxygen atoms in total. The Morgan fingerprint density at radius 1 is 1.40 bits per heavy atom.